The Kier molecular flexibility index (Phi) is 5.93. The number of likely N-dealkylation sites (tertiary alicyclic amines) is 1. The Morgan fingerprint density at radius 1 is 1.06 bits per heavy atom. The topological polar surface area (TPSA) is 38.5 Å². The Hall–Kier alpha value is -0.120. The van der Waals surface area contributed by atoms with E-state index in [-0.39, 0.29) is 0 Å². The number of ether oxygens (including phenoxy) is 1. The zero-order valence-electron chi connectivity index (χ0n) is 11.9. The number of nitrogens with two attached hydrogens (primary N) is 1. The molecule has 2 rings (SSSR count). The van der Waals surface area contributed by atoms with E-state index in [9.17, 15) is 0 Å². The van der Waals surface area contributed by atoms with Crippen molar-refractivity contribution in [1.29, 1.82) is 0 Å². The van der Waals surface area contributed by atoms with Crippen LogP contribution in [0.1, 0.15) is 45.4 Å². The Labute approximate surface area is 112 Å². The Morgan fingerprint density at radius 3 is 2.33 bits per heavy atom. The second kappa shape index (κ2) is 7.46. The average molecular weight is 254 g/mol. The number of hydrogen-bond donors (Lipinski definition) is 1. The number of nitrogens with zero attached hydrogens (tertiary/aromatic N) is 1. The quantitative estimate of drug-likeness (QED) is 0.818. The molecular formula is C15H30N2O. The summed E-state index contributed by atoms with van der Waals surface area (Å²) in [7, 11) is 0. The van der Waals surface area contributed by atoms with E-state index in [0.717, 1.165) is 25.0 Å². The van der Waals surface area contributed by atoms with Crippen LogP contribution in [0.15, 0.2) is 0 Å². The van der Waals surface area contributed by atoms with Crippen molar-refractivity contribution in [2.24, 2.45) is 17.6 Å². The molecular weight excluding hydrogens is 224 g/mol. The van der Waals surface area contributed by atoms with E-state index in [0.29, 0.717) is 6.10 Å². The van der Waals surface area contributed by atoms with Crippen LogP contribution in [0.5, 0.6) is 0 Å². The van der Waals surface area contributed by atoms with Gasteiger partial charge in [-0.1, -0.05) is 12.8 Å². The second-order valence-corrected chi connectivity index (χ2v) is 6.00. The minimum absolute atomic E-state index is 0.517. The monoisotopic (exact) mass is 254 g/mol. The molecule has 1 saturated carbocycles. The van der Waals surface area contributed by atoms with Gasteiger partial charge >= 0.3 is 0 Å². The van der Waals surface area contributed by atoms with Gasteiger partial charge in [-0.25, -0.2) is 0 Å². The molecule has 0 spiro atoms. The van der Waals surface area contributed by atoms with Crippen molar-refractivity contribution in [3.05, 3.63) is 0 Å². The highest BCUT2D eigenvalue weighted by Gasteiger charge is 2.27. The molecule has 2 unspecified atom stereocenters. The Bertz CT molecular complexity index is 227. The normalized spacial score (nSPS) is 31.7. The van der Waals surface area contributed by atoms with Gasteiger partial charge in [0, 0.05) is 26.2 Å². The van der Waals surface area contributed by atoms with Crippen molar-refractivity contribution in [3.63, 3.8) is 0 Å². The van der Waals surface area contributed by atoms with Crippen LogP contribution in [0, 0.1) is 11.8 Å². The Morgan fingerprint density at radius 2 is 1.72 bits per heavy atom. The summed E-state index contributed by atoms with van der Waals surface area (Å²) in [6.07, 6.45) is 8.51. The van der Waals surface area contributed by atoms with Crippen LogP contribution in [0.3, 0.4) is 0 Å². The third-order valence-electron chi connectivity index (χ3n) is 4.80. The summed E-state index contributed by atoms with van der Waals surface area (Å²) in [6.45, 7) is 7.57. The van der Waals surface area contributed by atoms with Crippen molar-refractivity contribution in [2.75, 3.05) is 32.8 Å². The number of piperidine rings is 1. The molecule has 106 valence electrons. The first-order valence-corrected chi connectivity index (χ1v) is 7.87. The Balaban J connectivity index is 1.73. The summed E-state index contributed by atoms with van der Waals surface area (Å²) < 4.78 is 5.72. The second-order valence-electron chi connectivity index (χ2n) is 6.00. The molecule has 0 aromatic rings. The van der Waals surface area contributed by atoms with E-state index in [2.05, 4.69) is 11.8 Å². The van der Waals surface area contributed by atoms with Crippen molar-refractivity contribution >= 4 is 0 Å². The maximum atomic E-state index is 5.92. The molecule has 0 amide bonds. The first-order valence-electron chi connectivity index (χ1n) is 7.87. The van der Waals surface area contributed by atoms with Crippen LogP contribution in [0.2, 0.25) is 0 Å². The van der Waals surface area contributed by atoms with Gasteiger partial charge in [0.25, 0.3) is 0 Å². The van der Waals surface area contributed by atoms with Crippen molar-refractivity contribution in [2.45, 2.75) is 51.6 Å². The molecule has 1 heterocycles. The smallest absolute Gasteiger partial charge is 0.0599 e. The van der Waals surface area contributed by atoms with Crippen molar-refractivity contribution < 1.29 is 4.74 Å². The van der Waals surface area contributed by atoms with Gasteiger partial charge in [0.15, 0.2) is 0 Å². The molecule has 3 heteroatoms. The molecule has 1 aliphatic heterocycles. The molecule has 2 atom stereocenters. The van der Waals surface area contributed by atoms with Crippen molar-refractivity contribution in [1.82, 2.24) is 4.90 Å². The van der Waals surface area contributed by atoms with Gasteiger partial charge in [-0.05, 0) is 51.0 Å². The molecule has 0 aromatic heterocycles. The lowest BCUT2D eigenvalue weighted by Gasteiger charge is -2.38. The first kappa shape index (κ1) is 14.3. The molecule has 3 nitrogen and oxygen atoms in total. The van der Waals surface area contributed by atoms with Gasteiger partial charge in [0.2, 0.25) is 0 Å². The largest absolute Gasteiger partial charge is 0.378 e. The minimum atomic E-state index is 0.517. The minimum Gasteiger partial charge on any atom is -0.378 e. The highest BCUT2D eigenvalue weighted by Crippen LogP contribution is 2.30. The van der Waals surface area contributed by atoms with Gasteiger partial charge in [0.05, 0.1) is 6.10 Å². The molecule has 2 fully saturated rings. The van der Waals surface area contributed by atoms with Crippen LogP contribution >= 0.6 is 0 Å². The lowest BCUT2D eigenvalue weighted by atomic mass is 9.79. The number of rotatable bonds is 5. The van der Waals surface area contributed by atoms with E-state index >= 15 is 0 Å². The van der Waals surface area contributed by atoms with Gasteiger partial charge in [-0.3, -0.25) is 0 Å². The van der Waals surface area contributed by atoms with Crippen LogP contribution < -0.4 is 5.73 Å². The maximum Gasteiger partial charge on any atom is 0.0599 e. The highest BCUT2D eigenvalue weighted by molar-refractivity contribution is 4.81. The zero-order chi connectivity index (χ0) is 12.8. The van der Waals surface area contributed by atoms with E-state index in [1.165, 1.54) is 58.2 Å². The summed E-state index contributed by atoms with van der Waals surface area (Å²) in [4.78, 5) is 2.65. The van der Waals surface area contributed by atoms with Crippen LogP contribution in [-0.4, -0.2) is 43.8 Å². The average Bonchev–Trinajstić information content (AvgIpc) is 2.42. The molecule has 1 aliphatic carbocycles. The van der Waals surface area contributed by atoms with Crippen LogP contribution in [-0.2, 0) is 4.74 Å². The fourth-order valence-corrected chi connectivity index (χ4v) is 3.66. The summed E-state index contributed by atoms with van der Waals surface area (Å²) in [5, 5.41) is 0. The highest BCUT2D eigenvalue weighted by atomic mass is 16.5. The summed E-state index contributed by atoms with van der Waals surface area (Å²) in [5.74, 6) is 1.63. The van der Waals surface area contributed by atoms with Gasteiger partial charge in [-0.15, -0.1) is 0 Å². The van der Waals surface area contributed by atoms with Gasteiger partial charge in [-0.2, -0.15) is 0 Å². The molecule has 18 heavy (non-hydrogen) atoms. The summed E-state index contributed by atoms with van der Waals surface area (Å²) >= 11 is 0. The first-order chi connectivity index (χ1) is 8.83. The summed E-state index contributed by atoms with van der Waals surface area (Å²) in [5.41, 5.74) is 5.92. The molecule has 2 N–H and O–H groups in total. The number of hydrogen-bond acceptors (Lipinski definition) is 3. The molecule has 0 radical (unpaired) electrons. The molecule has 0 bridgehead atoms. The molecule has 1 saturated heterocycles. The SMILES string of the molecule is CCOC1CCN(CC2CCCCC2CN)CC1. The summed E-state index contributed by atoms with van der Waals surface area (Å²) in [6, 6.07) is 0. The van der Waals surface area contributed by atoms with E-state index in [4.69, 9.17) is 10.5 Å². The zero-order valence-corrected chi connectivity index (χ0v) is 11.9. The fourth-order valence-electron chi connectivity index (χ4n) is 3.66. The predicted molar refractivity (Wildman–Crippen MR) is 75.6 cm³/mol. The third kappa shape index (κ3) is 3.94. The van der Waals surface area contributed by atoms with E-state index in [1.807, 2.05) is 0 Å². The van der Waals surface area contributed by atoms with Crippen LogP contribution in [0.25, 0.3) is 0 Å². The maximum absolute atomic E-state index is 5.92. The molecule has 2 aliphatic rings. The van der Waals surface area contributed by atoms with Gasteiger partial charge < -0.3 is 15.4 Å². The predicted octanol–water partition coefficient (Wildman–Crippen LogP) is 2.25. The van der Waals surface area contributed by atoms with Crippen LogP contribution in [0.4, 0.5) is 0 Å². The standard InChI is InChI=1S/C15H30N2O/c1-2-18-15-7-9-17(10-8-15)12-14-6-4-3-5-13(14)11-16/h13-15H,2-12,16H2,1H3. The fraction of sp³-hybridized carbons (Fsp3) is 1.00. The van der Waals surface area contributed by atoms with Gasteiger partial charge in [0.1, 0.15) is 0 Å². The van der Waals surface area contributed by atoms with E-state index in [1.54, 1.807) is 0 Å². The van der Waals surface area contributed by atoms with Crippen molar-refractivity contribution in [3.8, 4) is 0 Å². The lowest BCUT2D eigenvalue weighted by Crippen LogP contribution is -2.42. The lowest BCUT2D eigenvalue weighted by molar-refractivity contribution is 0.00716. The molecule has 0 aromatic carbocycles. The third-order valence-corrected chi connectivity index (χ3v) is 4.80. The van der Waals surface area contributed by atoms with E-state index < -0.39 is 0 Å².